The first-order chi connectivity index (χ1) is 7.09. The Balaban J connectivity index is 2.92. The minimum absolute atomic E-state index is 0.0803. The number of phenolic OH excluding ortho intramolecular Hbond substituents is 1. The van der Waals surface area contributed by atoms with Crippen molar-refractivity contribution in [2.75, 3.05) is 0 Å². The van der Waals surface area contributed by atoms with E-state index in [4.69, 9.17) is 0 Å². The molecule has 6 heteroatoms. The third kappa shape index (κ3) is 1.41. The largest absolute Gasteiger partial charge is 0.504 e. The van der Waals surface area contributed by atoms with E-state index in [2.05, 4.69) is 4.98 Å². The number of aromatic hydroxyl groups is 1. The number of H-pyrrole nitrogens is 1. The van der Waals surface area contributed by atoms with Crippen LogP contribution in [-0.4, -0.2) is 15.0 Å². The van der Waals surface area contributed by atoms with Gasteiger partial charge in [-0.25, -0.2) is 4.98 Å². The Bertz CT molecular complexity index is 603. The molecule has 2 N–H and O–H groups in total. The van der Waals surface area contributed by atoms with Gasteiger partial charge in [0.2, 0.25) is 0 Å². The van der Waals surface area contributed by atoms with Crippen LogP contribution in [0.15, 0.2) is 29.1 Å². The van der Waals surface area contributed by atoms with Gasteiger partial charge in [-0.05, 0) is 17.1 Å². The van der Waals surface area contributed by atoms with Crippen molar-refractivity contribution in [2.24, 2.45) is 0 Å². The molecule has 2 aromatic rings. The van der Waals surface area contributed by atoms with Crippen LogP contribution in [0.3, 0.4) is 0 Å². The fourth-order valence-corrected chi connectivity index (χ4v) is 1.34. The smallest absolute Gasteiger partial charge is 0.325 e. The summed E-state index contributed by atoms with van der Waals surface area (Å²) in [5.41, 5.74) is -0.414. The van der Waals surface area contributed by atoms with Gasteiger partial charge >= 0.3 is 5.82 Å². The maximum absolute atomic E-state index is 11.4. The van der Waals surface area contributed by atoms with Crippen molar-refractivity contribution in [1.82, 2.24) is 4.98 Å². The molecule has 0 bridgehead atoms. The number of phenols is 1. The molecule has 0 saturated carbocycles. The minimum Gasteiger partial charge on any atom is -0.504 e. The first-order valence-corrected chi connectivity index (χ1v) is 4.09. The number of nitrogens with one attached hydrogen (secondary N) is 1. The maximum atomic E-state index is 11.4. The van der Waals surface area contributed by atoms with Gasteiger partial charge in [0.05, 0.1) is 11.5 Å². The van der Waals surface area contributed by atoms with Gasteiger partial charge in [0, 0.05) is 0 Å². The summed E-state index contributed by atoms with van der Waals surface area (Å²) in [6.45, 7) is 0. The number of aromatic nitrogens is 1. The lowest BCUT2D eigenvalue weighted by atomic mass is 10.2. The number of rotatable bonds is 1. The first kappa shape index (κ1) is 9.20. The number of fused-ring (bicyclic) bond motifs is 1. The fourth-order valence-electron chi connectivity index (χ4n) is 1.34. The Morgan fingerprint density at radius 2 is 2.13 bits per heavy atom. The molecule has 0 radical (unpaired) electrons. The van der Waals surface area contributed by atoms with E-state index in [1.54, 1.807) is 0 Å². The predicted octanol–water partition coefficient (Wildman–Crippen LogP) is 1.14. The number of nitro groups is 1. The molecule has 76 valence electrons. The topological polar surface area (TPSA) is 96.2 Å². The quantitative estimate of drug-likeness (QED) is 0.540. The van der Waals surface area contributed by atoms with Crippen LogP contribution >= 0.6 is 0 Å². The zero-order valence-electron chi connectivity index (χ0n) is 7.43. The highest BCUT2D eigenvalue weighted by Crippen LogP contribution is 2.21. The van der Waals surface area contributed by atoms with Crippen LogP contribution in [-0.2, 0) is 0 Å². The normalized spacial score (nSPS) is 10.4. The lowest BCUT2D eigenvalue weighted by molar-refractivity contribution is -0.389. The van der Waals surface area contributed by atoms with Gasteiger partial charge in [-0.15, -0.1) is 0 Å². The van der Waals surface area contributed by atoms with Gasteiger partial charge in [0.15, 0.2) is 16.7 Å². The Labute approximate surface area is 82.9 Å². The van der Waals surface area contributed by atoms with E-state index in [-0.39, 0.29) is 16.7 Å². The summed E-state index contributed by atoms with van der Waals surface area (Å²) >= 11 is 0. The molecule has 15 heavy (non-hydrogen) atoms. The highest BCUT2D eigenvalue weighted by Gasteiger charge is 2.12. The van der Waals surface area contributed by atoms with Crippen LogP contribution in [0.4, 0.5) is 5.82 Å². The van der Waals surface area contributed by atoms with Crippen LogP contribution in [0.2, 0.25) is 0 Å². The van der Waals surface area contributed by atoms with Gasteiger partial charge in [-0.1, -0.05) is 6.07 Å². The van der Waals surface area contributed by atoms with Crippen molar-refractivity contribution < 1.29 is 10.0 Å². The van der Waals surface area contributed by atoms with E-state index >= 15 is 0 Å². The molecule has 0 aliphatic carbocycles. The van der Waals surface area contributed by atoms with Crippen molar-refractivity contribution in [1.29, 1.82) is 0 Å². The summed E-state index contributed by atoms with van der Waals surface area (Å²) in [7, 11) is 0. The highest BCUT2D eigenvalue weighted by atomic mass is 16.6. The Morgan fingerprint density at radius 3 is 2.80 bits per heavy atom. The second kappa shape index (κ2) is 3.09. The van der Waals surface area contributed by atoms with Crippen LogP contribution < -0.4 is 5.43 Å². The summed E-state index contributed by atoms with van der Waals surface area (Å²) in [4.78, 5) is 23.6. The second-order valence-electron chi connectivity index (χ2n) is 2.98. The van der Waals surface area contributed by atoms with E-state index in [1.807, 2.05) is 0 Å². The molecule has 6 nitrogen and oxygen atoms in total. The third-order valence-electron chi connectivity index (χ3n) is 2.03. The lowest BCUT2D eigenvalue weighted by Gasteiger charge is -1.98. The highest BCUT2D eigenvalue weighted by molar-refractivity contribution is 5.84. The molecule has 0 atom stereocenters. The second-order valence-corrected chi connectivity index (χ2v) is 2.98. The average molecular weight is 206 g/mol. The number of benzene rings is 1. The molecule has 0 amide bonds. The SMILES string of the molecule is O=c1cc([N+](=O)[O-])[nH]c2c(O)cccc12. The van der Waals surface area contributed by atoms with Crippen molar-refractivity contribution in [3.8, 4) is 5.75 Å². The molecule has 0 aliphatic rings. The molecule has 1 aromatic carbocycles. The molecule has 0 aliphatic heterocycles. The average Bonchev–Trinajstić information content (AvgIpc) is 2.19. The summed E-state index contributed by atoms with van der Waals surface area (Å²) < 4.78 is 0. The number of hydrogen-bond acceptors (Lipinski definition) is 4. The van der Waals surface area contributed by atoms with Gasteiger partial charge in [0.25, 0.3) is 0 Å². The van der Waals surface area contributed by atoms with Crippen molar-refractivity contribution in [2.45, 2.75) is 0 Å². The molecular formula is C9H6N2O4. The van der Waals surface area contributed by atoms with Crippen LogP contribution in [0.1, 0.15) is 0 Å². The van der Waals surface area contributed by atoms with E-state index in [0.29, 0.717) is 0 Å². The first-order valence-electron chi connectivity index (χ1n) is 4.09. The van der Waals surface area contributed by atoms with Crippen LogP contribution in [0.25, 0.3) is 10.9 Å². The molecule has 1 heterocycles. The third-order valence-corrected chi connectivity index (χ3v) is 2.03. The molecule has 0 saturated heterocycles. The number of para-hydroxylation sites is 1. The Kier molecular flexibility index (Phi) is 1.89. The minimum atomic E-state index is -0.715. The standard InChI is InChI=1S/C9H6N2O4/c12-6-3-1-2-5-7(13)4-8(11(14)15)10-9(5)6/h1-4,12H,(H,10,13). The number of pyridine rings is 1. The van der Waals surface area contributed by atoms with Gasteiger partial charge < -0.3 is 15.2 Å². The monoisotopic (exact) mass is 206 g/mol. The maximum Gasteiger partial charge on any atom is 0.325 e. The van der Waals surface area contributed by atoms with Gasteiger partial charge in [0.1, 0.15) is 0 Å². The van der Waals surface area contributed by atoms with E-state index < -0.39 is 16.2 Å². The summed E-state index contributed by atoms with van der Waals surface area (Å²) in [6.07, 6.45) is 0. The zero-order chi connectivity index (χ0) is 11.0. The summed E-state index contributed by atoms with van der Waals surface area (Å²) in [6, 6.07) is 5.22. The van der Waals surface area contributed by atoms with E-state index in [9.17, 15) is 20.0 Å². The van der Waals surface area contributed by atoms with Crippen LogP contribution in [0.5, 0.6) is 5.75 Å². The Morgan fingerprint density at radius 1 is 1.40 bits per heavy atom. The number of nitrogens with zero attached hydrogens (tertiary/aromatic N) is 1. The van der Waals surface area contributed by atoms with Gasteiger partial charge in [-0.2, -0.15) is 0 Å². The van der Waals surface area contributed by atoms with E-state index in [1.165, 1.54) is 18.2 Å². The summed E-state index contributed by atoms with van der Waals surface area (Å²) in [5, 5.41) is 20.1. The predicted molar refractivity (Wildman–Crippen MR) is 52.9 cm³/mol. The molecule has 0 unspecified atom stereocenters. The Hall–Kier alpha value is -2.37. The molecule has 2 rings (SSSR count). The zero-order valence-corrected chi connectivity index (χ0v) is 7.43. The molecule has 0 fully saturated rings. The van der Waals surface area contributed by atoms with Crippen molar-refractivity contribution >= 4 is 16.7 Å². The number of aromatic amines is 1. The fraction of sp³-hybridized carbons (Fsp3) is 0. The van der Waals surface area contributed by atoms with Crippen molar-refractivity contribution in [3.63, 3.8) is 0 Å². The molecule has 1 aromatic heterocycles. The molecular weight excluding hydrogens is 200 g/mol. The van der Waals surface area contributed by atoms with Gasteiger partial charge in [-0.3, -0.25) is 4.79 Å². The van der Waals surface area contributed by atoms with E-state index in [0.717, 1.165) is 6.07 Å². The van der Waals surface area contributed by atoms with Crippen molar-refractivity contribution in [3.05, 3.63) is 44.6 Å². The number of hydrogen-bond donors (Lipinski definition) is 2. The summed E-state index contributed by atoms with van der Waals surface area (Å²) in [5.74, 6) is -0.623. The van der Waals surface area contributed by atoms with Crippen LogP contribution in [0, 0.1) is 10.1 Å². The lowest BCUT2D eigenvalue weighted by Crippen LogP contribution is -2.04. The molecule has 0 spiro atoms.